The summed E-state index contributed by atoms with van der Waals surface area (Å²) in [6.45, 7) is 8.70. The van der Waals surface area contributed by atoms with E-state index in [1.165, 1.54) is 0 Å². The van der Waals surface area contributed by atoms with Crippen molar-refractivity contribution in [2.75, 3.05) is 18.9 Å². The summed E-state index contributed by atoms with van der Waals surface area (Å²) in [7, 11) is 0. The predicted molar refractivity (Wildman–Crippen MR) is 86.5 cm³/mol. The molecule has 1 aliphatic heterocycles. The molecule has 1 rings (SSSR count). The van der Waals surface area contributed by atoms with Crippen LogP contribution in [-0.4, -0.2) is 52.6 Å². The van der Waals surface area contributed by atoms with Crippen molar-refractivity contribution >= 4 is 23.8 Å². The van der Waals surface area contributed by atoms with E-state index in [0.717, 1.165) is 6.42 Å². The molecule has 2 atom stereocenters. The van der Waals surface area contributed by atoms with E-state index in [2.05, 4.69) is 32.2 Å². The third kappa shape index (κ3) is 5.76. The lowest BCUT2D eigenvalue weighted by Crippen LogP contribution is -2.51. The first-order chi connectivity index (χ1) is 10.3. The lowest BCUT2D eigenvalue weighted by Gasteiger charge is -2.28. The fourth-order valence-corrected chi connectivity index (χ4v) is 3.08. The summed E-state index contributed by atoms with van der Waals surface area (Å²) in [5.41, 5.74) is 0. The van der Waals surface area contributed by atoms with Gasteiger partial charge in [-0.3, -0.25) is 4.79 Å². The molecular formula is C15H25N3O3S. The van der Waals surface area contributed by atoms with Crippen LogP contribution in [0.1, 0.15) is 40.5 Å². The summed E-state index contributed by atoms with van der Waals surface area (Å²) in [6.07, 6.45) is 0.923. The molecule has 6 nitrogen and oxygen atoms in total. The van der Waals surface area contributed by atoms with Crippen LogP contribution >= 0.6 is 11.8 Å². The number of carbonyl (C=O) groups excluding carboxylic acids is 2. The van der Waals surface area contributed by atoms with E-state index in [9.17, 15) is 9.59 Å². The third-order valence-electron chi connectivity index (χ3n) is 3.23. The second-order valence-corrected chi connectivity index (χ2v) is 8.01. The van der Waals surface area contributed by atoms with Crippen molar-refractivity contribution in [3.63, 3.8) is 0 Å². The number of nitrogens with zero attached hydrogens (tertiary/aromatic N) is 2. The van der Waals surface area contributed by atoms with Gasteiger partial charge in [0.25, 0.3) is 0 Å². The quantitative estimate of drug-likeness (QED) is 0.836. The molecule has 1 saturated heterocycles. The largest absolute Gasteiger partial charge is 0.450 e. The Morgan fingerprint density at radius 1 is 1.50 bits per heavy atom. The molecule has 0 radical (unpaired) electrons. The second kappa shape index (κ2) is 8.28. The molecule has 1 heterocycles. The smallest absolute Gasteiger partial charge is 0.407 e. The number of hydrogen-bond acceptors (Lipinski definition) is 5. The summed E-state index contributed by atoms with van der Waals surface area (Å²) < 4.78 is 4.86. The third-order valence-corrected chi connectivity index (χ3v) is 4.60. The number of nitrogens with one attached hydrogen (secondary N) is 1. The first-order valence-electron chi connectivity index (χ1n) is 7.56. The van der Waals surface area contributed by atoms with Crippen LogP contribution in [0.3, 0.4) is 0 Å². The van der Waals surface area contributed by atoms with E-state index in [4.69, 9.17) is 10.00 Å². The zero-order chi connectivity index (χ0) is 16.8. The standard InChI is InChI=1S/C15H25N3O3S/c1-5-21-14(20)17-12(10-22-15(2,3)4)13(19)18-8-6-7-11(18)9-16/h11-12H,5-8,10H2,1-4H3,(H,17,20)/t11-,12-/m0/s1. The average molecular weight is 327 g/mol. The minimum Gasteiger partial charge on any atom is -0.450 e. The van der Waals surface area contributed by atoms with Gasteiger partial charge in [-0.2, -0.15) is 17.0 Å². The maximum Gasteiger partial charge on any atom is 0.407 e. The van der Waals surface area contributed by atoms with Crippen molar-refractivity contribution in [1.82, 2.24) is 10.2 Å². The van der Waals surface area contributed by atoms with E-state index in [-0.39, 0.29) is 17.3 Å². The van der Waals surface area contributed by atoms with Gasteiger partial charge in [0.15, 0.2) is 0 Å². The van der Waals surface area contributed by atoms with Crippen LogP contribution in [0.5, 0.6) is 0 Å². The number of likely N-dealkylation sites (tertiary alicyclic amines) is 1. The van der Waals surface area contributed by atoms with Crippen LogP contribution in [0.2, 0.25) is 0 Å². The molecule has 1 N–H and O–H groups in total. The van der Waals surface area contributed by atoms with Gasteiger partial charge in [0.05, 0.1) is 12.7 Å². The Hall–Kier alpha value is -1.42. The Kier molecular flexibility index (Phi) is 7.01. The molecule has 0 aromatic carbocycles. The fraction of sp³-hybridized carbons (Fsp3) is 0.800. The number of amides is 2. The Morgan fingerprint density at radius 2 is 2.18 bits per heavy atom. The van der Waals surface area contributed by atoms with Gasteiger partial charge in [0.2, 0.25) is 5.91 Å². The van der Waals surface area contributed by atoms with Crippen LogP contribution in [-0.2, 0) is 9.53 Å². The molecule has 0 aliphatic carbocycles. The van der Waals surface area contributed by atoms with Crippen molar-refractivity contribution in [2.24, 2.45) is 0 Å². The van der Waals surface area contributed by atoms with Crippen LogP contribution in [0.4, 0.5) is 4.79 Å². The molecule has 0 aromatic rings. The summed E-state index contributed by atoms with van der Waals surface area (Å²) in [5.74, 6) is 0.254. The lowest BCUT2D eigenvalue weighted by molar-refractivity contribution is -0.132. The van der Waals surface area contributed by atoms with E-state index >= 15 is 0 Å². The highest BCUT2D eigenvalue weighted by molar-refractivity contribution is 8.00. The van der Waals surface area contributed by atoms with Gasteiger partial charge < -0.3 is 15.0 Å². The van der Waals surface area contributed by atoms with Crippen LogP contribution < -0.4 is 5.32 Å². The minimum atomic E-state index is -0.669. The summed E-state index contributed by atoms with van der Waals surface area (Å²) in [4.78, 5) is 25.9. The van der Waals surface area contributed by atoms with Gasteiger partial charge in [0, 0.05) is 17.0 Å². The van der Waals surface area contributed by atoms with Gasteiger partial charge in [-0.05, 0) is 19.8 Å². The first-order valence-corrected chi connectivity index (χ1v) is 8.54. The van der Waals surface area contributed by atoms with Crippen molar-refractivity contribution in [2.45, 2.75) is 57.4 Å². The highest BCUT2D eigenvalue weighted by Gasteiger charge is 2.34. The SMILES string of the molecule is CCOC(=O)N[C@@H](CSC(C)(C)C)C(=O)N1CCC[C@H]1C#N. The molecule has 1 aliphatic rings. The number of alkyl carbamates (subject to hydrolysis) is 1. The number of nitriles is 1. The van der Waals surface area contributed by atoms with Gasteiger partial charge in [-0.1, -0.05) is 20.8 Å². The molecule has 1 fully saturated rings. The van der Waals surface area contributed by atoms with Gasteiger partial charge in [-0.15, -0.1) is 0 Å². The zero-order valence-corrected chi connectivity index (χ0v) is 14.5. The Bertz CT molecular complexity index is 442. The van der Waals surface area contributed by atoms with E-state index < -0.39 is 18.2 Å². The molecule has 0 spiro atoms. The molecule has 2 amide bonds. The summed E-state index contributed by atoms with van der Waals surface area (Å²) in [5, 5.41) is 11.8. The van der Waals surface area contributed by atoms with Gasteiger partial charge >= 0.3 is 6.09 Å². The maximum absolute atomic E-state index is 12.7. The van der Waals surface area contributed by atoms with Crippen LogP contribution in [0.15, 0.2) is 0 Å². The Morgan fingerprint density at radius 3 is 2.73 bits per heavy atom. The predicted octanol–water partition coefficient (Wildman–Crippen LogP) is 2.15. The highest BCUT2D eigenvalue weighted by atomic mass is 32.2. The molecule has 0 bridgehead atoms. The zero-order valence-electron chi connectivity index (χ0n) is 13.7. The molecule has 0 saturated carbocycles. The molecular weight excluding hydrogens is 302 g/mol. The normalized spacial score (nSPS) is 19.4. The fourth-order valence-electron chi connectivity index (χ4n) is 2.19. The maximum atomic E-state index is 12.7. The minimum absolute atomic E-state index is 0.0193. The molecule has 0 unspecified atom stereocenters. The van der Waals surface area contributed by atoms with E-state index in [1.54, 1.807) is 23.6 Å². The monoisotopic (exact) mass is 327 g/mol. The number of carbonyl (C=O) groups is 2. The second-order valence-electron chi connectivity index (χ2n) is 6.16. The average Bonchev–Trinajstić information content (AvgIpc) is 2.90. The Balaban J connectivity index is 2.77. The van der Waals surface area contributed by atoms with E-state index in [1.807, 2.05) is 0 Å². The molecule has 0 aromatic heterocycles. The summed E-state index contributed by atoms with van der Waals surface area (Å²) >= 11 is 1.60. The van der Waals surface area contributed by atoms with Gasteiger partial charge in [-0.25, -0.2) is 4.79 Å². The van der Waals surface area contributed by atoms with Crippen molar-refractivity contribution in [3.8, 4) is 6.07 Å². The summed E-state index contributed by atoms with van der Waals surface area (Å²) in [6, 6.07) is 1.10. The topological polar surface area (TPSA) is 82.4 Å². The first kappa shape index (κ1) is 18.6. The molecule has 124 valence electrons. The highest BCUT2D eigenvalue weighted by Crippen LogP contribution is 2.25. The van der Waals surface area contributed by atoms with Crippen molar-refractivity contribution < 1.29 is 14.3 Å². The molecule has 22 heavy (non-hydrogen) atoms. The Labute approximate surface area is 136 Å². The van der Waals surface area contributed by atoms with Crippen LogP contribution in [0, 0.1) is 11.3 Å². The number of ether oxygens (including phenoxy) is 1. The van der Waals surface area contributed by atoms with Crippen molar-refractivity contribution in [1.29, 1.82) is 5.26 Å². The molecule has 7 heteroatoms. The van der Waals surface area contributed by atoms with Gasteiger partial charge in [0.1, 0.15) is 12.1 Å². The lowest BCUT2D eigenvalue weighted by atomic mass is 10.2. The van der Waals surface area contributed by atoms with Crippen LogP contribution in [0.25, 0.3) is 0 Å². The number of rotatable bonds is 5. The van der Waals surface area contributed by atoms with Crippen molar-refractivity contribution in [3.05, 3.63) is 0 Å². The number of hydrogen-bond donors (Lipinski definition) is 1. The van der Waals surface area contributed by atoms with E-state index in [0.29, 0.717) is 18.7 Å². The number of thioether (sulfide) groups is 1.